The van der Waals surface area contributed by atoms with E-state index in [1.807, 2.05) is 14.0 Å². The minimum atomic E-state index is -0.209. The van der Waals surface area contributed by atoms with Crippen LogP contribution < -0.4 is 10.4 Å². The summed E-state index contributed by atoms with van der Waals surface area (Å²) in [7, 11) is 1.81. The average molecular weight is 320 g/mol. The van der Waals surface area contributed by atoms with E-state index >= 15 is 0 Å². The summed E-state index contributed by atoms with van der Waals surface area (Å²) < 4.78 is 4.35. The van der Waals surface area contributed by atoms with Crippen LogP contribution in [0, 0.1) is 6.92 Å². The minimum absolute atomic E-state index is 0.180. The van der Waals surface area contributed by atoms with Crippen LogP contribution in [0.15, 0.2) is 24.3 Å². The molecule has 0 atom stereocenters. The van der Waals surface area contributed by atoms with Crippen LogP contribution in [-0.4, -0.2) is 35.5 Å². The lowest BCUT2D eigenvalue weighted by Crippen LogP contribution is -2.35. The Morgan fingerprint density at radius 2 is 2.09 bits per heavy atom. The number of carbonyl (C=O) groups excluding carboxylic acids is 1. The highest BCUT2D eigenvalue weighted by Gasteiger charge is 2.12. The molecule has 1 heterocycles. The van der Waals surface area contributed by atoms with E-state index in [0.717, 1.165) is 5.82 Å². The third-order valence-electron chi connectivity index (χ3n) is 2.98. The second-order valence-corrected chi connectivity index (χ2v) is 5.70. The Hall–Kier alpha value is -1.99. The Morgan fingerprint density at radius 3 is 2.77 bits per heavy atom. The SMILES string of the molecule is CCONC(=O)CN(C)c1nc(Cc2ccc(C)cc2)ns1. The van der Waals surface area contributed by atoms with Crippen LogP contribution >= 0.6 is 11.5 Å². The van der Waals surface area contributed by atoms with Crippen LogP contribution in [0.1, 0.15) is 23.9 Å². The predicted molar refractivity (Wildman–Crippen MR) is 86.9 cm³/mol. The zero-order valence-corrected chi connectivity index (χ0v) is 13.8. The molecular weight excluding hydrogens is 300 g/mol. The van der Waals surface area contributed by atoms with Crippen molar-refractivity contribution in [2.24, 2.45) is 0 Å². The van der Waals surface area contributed by atoms with Crippen molar-refractivity contribution in [2.45, 2.75) is 20.3 Å². The van der Waals surface area contributed by atoms with Crippen molar-refractivity contribution in [3.8, 4) is 0 Å². The van der Waals surface area contributed by atoms with Gasteiger partial charge in [-0.1, -0.05) is 29.8 Å². The Kier molecular flexibility index (Phi) is 5.85. The zero-order chi connectivity index (χ0) is 15.9. The third-order valence-corrected chi connectivity index (χ3v) is 3.85. The van der Waals surface area contributed by atoms with Crippen LogP contribution in [0.3, 0.4) is 0 Å². The van der Waals surface area contributed by atoms with E-state index < -0.39 is 0 Å². The van der Waals surface area contributed by atoms with Gasteiger partial charge in [-0.2, -0.15) is 4.37 Å². The van der Waals surface area contributed by atoms with Gasteiger partial charge < -0.3 is 4.90 Å². The molecule has 0 aliphatic heterocycles. The van der Waals surface area contributed by atoms with Gasteiger partial charge in [-0.05, 0) is 19.4 Å². The summed E-state index contributed by atoms with van der Waals surface area (Å²) in [6, 6.07) is 8.31. The summed E-state index contributed by atoms with van der Waals surface area (Å²) in [6.07, 6.45) is 0.690. The molecule has 2 rings (SSSR count). The highest BCUT2D eigenvalue weighted by atomic mass is 32.1. The molecule has 1 N–H and O–H groups in total. The number of carbonyl (C=O) groups is 1. The number of aromatic nitrogens is 2. The number of hydrogen-bond acceptors (Lipinski definition) is 6. The van der Waals surface area contributed by atoms with E-state index in [1.165, 1.54) is 22.7 Å². The summed E-state index contributed by atoms with van der Waals surface area (Å²) in [5.41, 5.74) is 4.77. The van der Waals surface area contributed by atoms with Gasteiger partial charge in [0.25, 0.3) is 5.91 Å². The number of amides is 1. The molecule has 0 unspecified atom stereocenters. The predicted octanol–water partition coefficient (Wildman–Crippen LogP) is 1.94. The van der Waals surface area contributed by atoms with Gasteiger partial charge in [0, 0.05) is 25.0 Å². The van der Waals surface area contributed by atoms with Gasteiger partial charge >= 0.3 is 0 Å². The van der Waals surface area contributed by atoms with Gasteiger partial charge in [0.05, 0.1) is 6.61 Å². The topological polar surface area (TPSA) is 67.3 Å². The quantitative estimate of drug-likeness (QED) is 0.790. The first-order valence-electron chi connectivity index (χ1n) is 7.08. The molecule has 118 valence electrons. The Bertz CT molecular complexity index is 612. The smallest absolute Gasteiger partial charge is 0.263 e. The van der Waals surface area contributed by atoms with Crippen molar-refractivity contribution in [3.05, 3.63) is 41.2 Å². The fourth-order valence-corrected chi connectivity index (χ4v) is 2.47. The van der Waals surface area contributed by atoms with Gasteiger partial charge in [-0.3, -0.25) is 9.63 Å². The van der Waals surface area contributed by atoms with Crippen LogP contribution in [0.5, 0.6) is 0 Å². The normalized spacial score (nSPS) is 10.5. The van der Waals surface area contributed by atoms with Crippen molar-refractivity contribution in [1.29, 1.82) is 0 Å². The molecule has 6 nitrogen and oxygen atoms in total. The number of likely N-dealkylation sites (N-methyl/N-ethyl adjacent to an activating group) is 1. The molecule has 22 heavy (non-hydrogen) atoms. The van der Waals surface area contributed by atoms with Gasteiger partial charge in [0.1, 0.15) is 12.4 Å². The fraction of sp³-hybridized carbons (Fsp3) is 0.400. The van der Waals surface area contributed by atoms with Crippen LogP contribution in [0.25, 0.3) is 0 Å². The van der Waals surface area contributed by atoms with Crippen LogP contribution in [0.4, 0.5) is 5.13 Å². The molecule has 0 aliphatic rings. The Labute approximate surface area is 134 Å². The monoisotopic (exact) mass is 320 g/mol. The number of nitrogens with one attached hydrogen (secondary N) is 1. The second-order valence-electron chi connectivity index (χ2n) is 4.97. The highest BCUT2D eigenvalue weighted by Crippen LogP contribution is 2.17. The molecule has 0 radical (unpaired) electrons. The molecule has 2 aromatic rings. The molecule has 0 saturated carbocycles. The van der Waals surface area contributed by atoms with E-state index in [0.29, 0.717) is 18.2 Å². The number of nitrogens with zero attached hydrogens (tertiary/aromatic N) is 3. The molecule has 1 aromatic heterocycles. The fourth-order valence-electron chi connectivity index (χ4n) is 1.83. The van der Waals surface area contributed by atoms with E-state index in [4.69, 9.17) is 4.84 Å². The van der Waals surface area contributed by atoms with Crippen molar-refractivity contribution < 1.29 is 9.63 Å². The Morgan fingerprint density at radius 1 is 1.36 bits per heavy atom. The largest absolute Gasteiger partial charge is 0.341 e. The first kappa shape index (κ1) is 16.4. The van der Waals surface area contributed by atoms with Gasteiger partial charge in [0.2, 0.25) is 5.13 Å². The summed E-state index contributed by atoms with van der Waals surface area (Å²) in [4.78, 5) is 22.7. The maximum atomic E-state index is 11.6. The lowest BCUT2D eigenvalue weighted by molar-refractivity contribution is -0.131. The summed E-state index contributed by atoms with van der Waals surface area (Å²) in [6.45, 7) is 4.49. The van der Waals surface area contributed by atoms with Crippen molar-refractivity contribution in [3.63, 3.8) is 0 Å². The zero-order valence-electron chi connectivity index (χ0n) is 13.0. The molecule has 0 aliphatic carbocycles. The molecule has 1 aromatic carbocycles. The average Bonchev–Trinajstić information content (AvgIpc) is 2.96. The number of anilines is 1. The summed E-state index contributed by atoms with van der Waals surface area (Å²) in [5.74, 6) is 0.556. The summed E-state index contributed by atoms with van der Waals surface area (Å²) >= 11 is 1.29. The molecular formula is C15H20N4O2S. The number of aryl methyl sites for hydroxylation is 1. The van der Waals surface area contributed by atoms with E-state index in [9.17, 15) is 4.79 Å². The maximum Gasteiger partial charge on any atom is 0.263 e. The van der Waals surface area contributed by atoms with Gasteiger partial charge in [-0.25, -0.2) is 10.5 Å². The standard InChI is InChI=1S/C15H20N4O2S/c1-4-21-17-14(20)10-19(3)15-16-13(18-22-15)9-12-7-5-11(2)6-8-12/h5-8H,4,9-10H2,1-3H3,(H,17,20). The van der Waals surface area contributed by atoms with Gasteiger partial charge in [-0.15, -0.1) is 0 Å². The number of benzene rings is 1. The number of hydrogen-bond donors (Lipinski definition) is 1. The van der Waals surface area contributed by atoms with Crippen molar-refractivity contribution in [1.82, 2.24) is 14.8 Å². The lowest BCUT2D eigenvalue weighted by Gasteiger charge is -2.14. The minimum Gasteiger partial charge on any atom is -0.341 e. The first-order valence-corrected chi connectivity index (χ1v) is 7.85. The maximum absolute atomic E-state index is 11.6. The molecule has 1 amide bonds. The molecule has 0 saturated heterocycles. The number of rotatable bonds is 7. The van der Waals surface area contributed by atoms with E-state index in [1.54, 1.807) is 4.90 Å². The second kappa shape index (κ2) is 7.86. The molecule has 0 spiro atoms. The van der Waals surface area contributed by atoms with Gasteiger partial charge in [0.15, 0.2) is 0 Å². The van der Waals surface area contributed by atoms with E-state index in [-0.39, 0.29) is 12.5 Å². The lowest BCUT2D eigenvalue weighted by atomic mass is 10.1. The third kappa shape index (κ3) is 4.78. The van der Waals surface area contributed by atoms with Crippen LogP contribution in [0.2, 0.25) is 0 Å². The molecule has 7 heteroatoms. The van der Waals surface area contributed by atoms with E-state index in [2.05, 4.69) is 46.0 Å². The first-order chi connectivity index (χ1) is 10.6. The number of hydroxylamine groups is 1. The molecule has 0 bridgehead atoms. The van der Waals surface area contributed by atoms with Crippen molar-refractivity contribution >= 4 is 22.6 Å². The van der Waals surface area contributed by atoms with Crippen molar-refractivity contribution in [2.75, 3.05) is 25.1 Å². The highest BCUT2D eigenvalue weighted by molar-refractivity contribution is 7.09. The molecule has 0 fully saturated rings. The summed E-state index contributed by atoms with van der Waals surface area (Å²) in [5, 5.41) is 0.716. The Balaban J connectivity index is 1.92. The van der Waals surface area contributed by atoms with Crippen LogP contribution in [-0.2, 0) is 16.1 Å².